The van der Waals surface area contributed by atoms with Gasteiger partial charge in [0.05, 0.1) is 11.5 Å². The van der Waals surface area contributed by atoms with E-state index in [1.165, 1.54) is 0 Å². The highest BCUT2D eigenvalue weighted by molar-refractivity contribution is 7.86. The summed E-state index contributed by atoms with van der Waals surface area (Å²) in [5.74, 6) is 1.35. The van der Waals surface area contributed by atoms with Gasteiger partial charge in [-0.2, -0.15) is 0 Å². The van der Waals surface area contributed by atoms with Crippen LogP contribution in [0.1, 0.15) is 19.8 Å². The van der Waals surface area contributed by atoms with Gasteiger partial charge in [-0.1, -0.05) is 0 Å². The van der Waals surface area contributed by atoms with Gasteiger partial charge < -0.3 is 19.3 Å². The lowest BCUT2D eigenvalue weighted by Crippen LogP contribution is -2.45. The highest BCUT2D eigenvalue weighted by atomic mass is 32.2. The van der Waals surface area contributed by atoms with Crippen LogP contribution >= 0.6 is 0 Å². The van der Waals surface area contributed by atoms with E-state index >= 15 is 0 Å². The Morgan fingerprint density at radius 1 is 1.00 bits per heavy atom. The fourth-order valence-electron chi connectivity index (χ4n) is 3.66. The van der Waals surface area contributed by atoms with Crippen molar-refractivity contribution in [1.82, 2.24) is 9.80 Å². The number of hydrogen-bond acceptors (Lipinski definition) is 5. The number of carbonyl (C=O) groups excluding carboxylic acids is 1. The minimum Gasteiger partial charge on any atom is -0.494 e. The molecule has 0 bridgehead atoms. The van der Waals surface area contributed by atoms with Crippen molar-refractivity contribution < 1.29 is 18.5 Å². The Labute approximate surface area is 193 Å². The van der Waals surface area contributed by atoms with Crippen molar-refractivity contribution in [2.75, 3.05) is 51.8 Å². The number of ether oxygens (including phenoxy) is 2. The standard InChI is InChI=1S/C24H33N3O4S/c1-5-30-21-10-12-23(13-11-21)32(29)27(4)20-6-8-22(9-7-20)31-18-24(28)26(3)19-14-16-25(2)17-15-19/h6-13,19H,5,14-18H2,1-4H3. The lowest BCUT2D eigenvalue weighted by atomic mass is 10.0. The summed E-state index contributed by atoms with van der Waals surface area (Å²) in [6.45, 7) is 4.55. The second-order valence-electron chi connectivity index (χ2n) is 7.97. The van der Waals surface area contributed by atoms with Crippen LogP contribution in [0.15, 0.2) is 53.4 Å². The summed E-state index contributed by atoms with van der Waals surface area (Å²) in [6, 6.07) is 14.8. The van der Waals surface area contributed by atoms with E-state index in [4.69, 9.17) is 9.47 Å². The monoisotopic (exact) mass is 459 g/mol. The van der Waals surface area contributed by atoms with Crippen LogP contribution in [0.3, 0.4) is 0 Å². The molecule has 2 aromatic rings. The molecule has 1 aliphatic heterocycles. The van der Waals surface area contributed by atoms with Gasteiger partial charge in [0.2, 0.25) is 0 Å². The van der Waals surface area contributed by atoms with E-state index in [0.29, 0.717) is 17.3 Å². The largest absolute Gasteiger partial charge is 0.494 e. The molecule has 0 aromatic heterocycles. The van der Waals surface area contributed by atoms with Crippen molar-refractivity contribution in [2.24, 2.45) is 0 Å². The van der Waals surface area contributed by atoms with Crippen LogP contribution in [0.5, 0.6) is 11.5 Å². The molecule has 7 nitrogen and oxygen atoms in total. The molecule has 0 radical (unpaired) electrons. The molecule has 3 rings (SSSR count). The Kier molecular flexibility index (Phi) is 8.53. The first-order valence-corrected chi connectivity index (χ1v) is 12.0. The summed E-state index contributed by atoms with van der Waals surface area (Å²) in [4.78, 5) is 17.3. The van der Waals surface area contributed by atoms with Crippen molar-refractivity contribution in [3.8, 4) is 11.5 Å². The molecule has 1 atom stereocenters. The van der Waals surface area contributed by atoms with E-state index in [1.54, 1.807) is 23.5 Å². The number of likely N-dealkylation sites (tertiary alicyclic amines) is 1. The number of nitrogens with zero attached hydrogens (tertiary/aromatic N) is 3. The highest BCUT2D eigenvalue weighted by Gasteiger charge is 2.24. The number of amides is 1. The van der Waals surface area contributed by atoms with Crippen molar-refractivity contribution in [1.29, 1.82) is 0 Å². The van der Waals surface area contributed by atoms with Crippen LogP contribution in [0.4, 0.5) is 5.69 Å². The normalized spacial score (nSPS) is 15.8. The maximum absolute atomic E-state index is 12.9. The minimum absolute atomic E-state index is 0.0101. The van der Waals surface area contributed by atoms with Crippen molar-refractivity contribution in [3.05, 3.63) is 48.5 Å². The Morgan fingerprint density at radius 2 is 1.56 bits per heavy atom. The molecule has 1 amide bonds. The molecule has 2 aromatic carbocycles. The first kappa shape index (κ1) is 24.1. The van der Waals surface area contributed by atoms with Gasteiger partial charge in [-0.25, -0.2) is 4.21 Å². The Hall–Kier alpha value is -2.58. The summed E-state index contributed by atoms with van der Waals surface area (Å²) in [5, 5.41) is 0. The fraction of sp³-hybridized carbons (Fsp3) is 0.458. The predicted octanol–water partition coefficient (Wildman–Crippen LogP) is 3.18. The molecule has 0 saturated carbocycles. The number of benzene rings is 2. The summed E-state index contributed by atoms with van der Waals surface area (Å²) >= 11 is 0. The number of carbonyl (C=O) groups is 1. The number of hydrogen-bond donors (Lipinski definition) is 0. The molecule has 1 fully saturated rings. The van der Waals surface area contributed by atoms with Crippen LogP contribution in [-0.4, -0.2) is 73.4 Å². The SMILES string of the molecule is CCOc1ccc(S(=O)N(C)c2ccc(OCC(=O)N(C)C3CCN(C)CC3)cc2)cc1. The second-order valence-corrected chi connectivity index (χ2v) is 9.49. The third kappa shape index (κ3) is 6.23. The number of likely N-dealkylation sites (N-methyl/N-ethyl adjacent to an activating group) is 1. The van der Waals surface area contributed by atoms with E-state index in [9.17, 15) is 9.00 Å². The molecule has 8 heteroatoms. The average Bonchev–Trinajstić information content (AvgIpc) is 2.82. The molecule has 32 heavy (non-hydrogen) atoms. The van der Waals surface area contributed by atoms with Crippen LogP contribution in [0.2, 0.25) is 0 Å². The van der Waals surface area contributed by atoms with Gasteiger partial charge in [-0.15, -0.1) is 0 Å². The van der Waals surface area contributed by atoms with E-state index in [1.807, 2.05) is 55.3 Å². The summed E-state index contributed by atoms with van der Waals surface area (Å²) in [6.07, 6.45) is 1.98. The smallest absolute Gasteiger partial charge is 0.260 e. The highest BCUT2D eigenvalue weighted by Crippen LogP contribution is 2.23. The van der Waals surface area contributed by atoms with E-state index in [2.05, 4.69) is 11.9 Å². The molecule has 1 unspecified atom stereocenters. The lowest BCUT2D eigenvalue weighted by Gasteiger charge is -2.35. The van der Waals surface area contributed by atoms with E-state index in [0.717, 1.165) is 37.4 Å². The van der Waals surface area contributed by atoms with Gasteiger partial charge in [-0.3, -0.25) is 9.10 Å². The fourth-order valence-corrected chi connectivity index (χ4v) is 4.66. The Morgan fingerprint density at radius 3 is 2.16 bits per heavy atom. The molecule has 0 spiro atoms. The minimum atomic E-state index is -1.35. The van der Waals surface area contributed by atoms with E-state index in [-0.39, 0.29) is 18.6 Å². The topological polar surface area (TPSA) is 62.3 Å². The van der Waals surface area contributed by atoms with Gasteiger partial charge >= 0.3 is 0 Å². The maximum Gasteiger partial charge on any atom is 0.260 e. The van der Waals surface area contributed by atoms with Crippen LogP contribution in [0, 0.1) is 0 Å². The summed E-state index contributed by atoms with van der Waals surface area (Å²) in [5.41, 5.74) is 0.791. The van der Waals surface area contributed by atoms with Crippen molar-refractivity contribution in [3.63, 3.8) is 0 Å². The molecule has 174 valence electrons. The van der Waals surface area contributed by atoms with Gasteiger partial charge in [0, 0.05) is 25.8 Å². The summed E-state index contributed by atoms with van der Waals surface area (Å²) < 4.78 is 25.7. The van der Waals surface area contributed by atoms with Crippen molar-refractivity contribution >= 4 is 22.6 Å². The molecule has 1 heterocycles. The number of anilines is 1. The maximum atomic E-state index is 12.9. The second kappa shape index (κ2) is 11.3. The first-order chi connectivity index (χ1) is 15.4. The first-order valence-electron chi connectivity index (χ1n) is 10.9. The third-order valence-electron chi connectivity index (χ3n) is 5.78. The molecule has 1 saturated heterocycles. The third-order valence-corrected chi connectivity index (χ3v) is 7.16. The predicted molar refractivity (Wildman–Crippen MR) is 128 cm³/mol. The van der Waals surface area contributed by atoms with Crippen LogP contribution in [0.25, 0.3) is 0 Å². The van der Waals surface area contributed by atoms with Gasteiger partial charge in [0.1, 0.15) is 11.5 Å². The zero-order valence-corrected chi connectivity index (χ0v) is 20.1. The van der Waals surface area contributed by atoms with Gasteiger partial charge in [0.25, 0.3) is 5.91 Å². The van der Waals surface area contributed by atoms with Gasteiger partial charge in [0.15, 0.2) is 17.6 Å². The molecule has 0 N–H and O–H groups in total. The number of rotatable bonds is 9. The van der Waals surface area contributed by atoms with Crippen LogP contribution in [-0.2, 0) is 15.8 Å². The molecular formula is C24H33N3O4S. The summed E-state index contributed by atoms with van der Waals surface area (Å²) in [7, 11) is 4.40. The molecular weight excluding hydrogens is 426 g/mol. The average molecular weight is 460 g/mol. The zero-order chi connectivity index (χ0) is 23.1. The van der Waals surface area contributed by atoms with Crippen LogP contribution < -0.4 is 13.8 Å². The van der Waals surface area contributed by atoms with Gasteiger partial charge in [-0.05, 0) is 88.4 Å². The quantitative estimate of drug-likeness (QED) is 0.576. The number of piperidine rings is 1. The Bertz CT molecular complexity index is 896. The Balaban J connectivity index is 1.52. The lowest BCUT2D eigenvalue weighted by molar-refractivity contribution is -0.134. The van der Waals surface area contributed by atoms with E-state index < -0.39 is 11.0 Å². The molecule has 1 aliphatic rings. The zero-order valence-electron chi connectivity index (χ0n) is 19.3. The molecule has 0 aliphatic carbocycles. The van der Waals surface area contributed by atoms with Crippen molar-refractivity contribution in [2.45, 2.75) is 30.7 Å².